The highest BCUT2D eigenvalue weighted by Crippen LogP contribution is 2.39. The fourth-order valence-corrected chi connectivity index (χ4v) is 7.29. The van der Waals surface area contributed by atoms with E-state index in [2.05, 4.69) is 39.0 Å². The molecule has 1 aliphatic heterocycles. The molecule has 3 aromatic rings. The molecule has 0 saturated carbocycles. The van der Waals surface area contributed by atoms with Crippen molar-refractivity contribution in [2.45, 2.75) is 98.3 Å². The molecule has 1 amide bonds. The van der Waals surface area contributed by atoms with Crippen LogP contribution in [0.15, 0.2) is 22.7 Å². The average Bonchev–Trinajstić information content (AvgIpc) is 3.36. The van der Waals surface area contributed by atoms with Gasteiger partial charge in [-0.15, -0.1) is 0 Å². The van der Waals surface area contributed by atoms with E-state index < -0.39 is 38.8 Å². The summed E-state index contributed by atoms with van der Waals surface area (Å²) in [4.78, 5) is 27.7. The Morgan fingerprint density at radius 1 is 1.04 bits per heavy atom. The number of hydrogen-bond acceptors (Lipinski definition) is 10. The van der Waals surface area contributed by atoms with Crippen LogP contribution in [-0.2, 0) is 9.16 Å². The van der Waals surface area contributed by atoms with Gasteiger partial charge in [0.05, 0.1) is 41.2 Å². The van der Waals surface area contributed by atoms with Gasteiger partial charge >= 0.3 is 12.3 Å². The smallest absolute Gasteiger partial charge is 0.410 e. The van der Waals surface area contributed by atoms with Gasteiger partial charge in [0, 0.05) is 44.4 Å². The van der Waals surface area contributed by atoms with Gasteiger partial charge in [-0.1, -0.05) is 37.5 Å². The number of halogens is 4. The number of aromatic nitrogens is 3. The Bertz CT molecular complexity index is 1730. The van der Waals surface area contributed by atoms with Crippen LogP contribution in [0, 0.1) is 20.8 Å². The SMILES string of the molecule is Cc1noc(C)c1-c1nc(-c2cc(OC[C@@H](CN(C)C(=O)OC(C)(C)C)O[Si](C)(C)C(C)(C)C)ccc2Cl)nc(N2CCN(CC(F)(F)F)CC2)c1C. The van der Waals surface area contributed by atoms with Crippen LogP contribution in [0.2, 0.25) is 23.2 Å². The van der Waals surface area contributed by atoms with E-state index in [-0.39, 0.29) is 31.3 Å². The molecule has 0 radical (unpaired) electrons. The molecule has 1 aromatic carbocycles. The number of ether oxygens (including phenoxy) is 2. The Morgan fingerprint density at radius 3 is 2.23 bits per heavy atom. The van der Waals surface area contributed by atoms with E-state index in [0.717, 1.165) is 5.56 Å². The number of rotatable bonds is 11. The van der Waals surface area contributed by atoms with Crippen molar-refractivity contribution in [3.8, 4) is 28.4 Å². The fraction of sp³-hybridized carbons (Fsp3) is 0.622. The standard InChI is InChI=1S/C37H54ClF3N6O5Si/c1-23-31(30-24(2)44-51-25(30)3)42-32(43-33(23)47-17-15-46(16-18-47)22-37(39,40)41)28-19-26(13-14-29(28)38)49-21-27(52-53(11,12)36(7,8)9)20-45(10)34(48)50-35(4,5)6/h13-14,19,27H,15-18,20-22H2,1-12H3/t27-/m1/s1. The van der Waals surface area contributed by atoms with Gasteiger partial charge < -0.3 is 28.2 Å². The van der Waals surface area contributed by atoms with Gasteiger partial charge in [0.15, 0.2) is 14.1 Å². The number of carbonyl (C=O) groups is 1. The lowest BCUT2D eigenvalue weighted by Gasteiger charge is -2.40. The van der Waals surface area contributed by atoms with Gasteiger partial charge in [-0.05, 0) is 77.9 Å². The lowest BCUT2D eigenvalue weighted by Crippen LogP contribution is -2.49. The molecule has 1 saturated heterocycles. The minimum Gasteiger partial charge on any atom is -0.491 e. The fourth-order valence-electron chi connectivity index (χ4n) is 5.76. The molecule has 2 aromatic heterocycles. The van der Waals surface area contributed by atoms with E-state index in [1.807, 2.05) is 39.5 Å². The number of carbonyl (C=O) groups excluding carboxylic acids is 1. The number of hydrogen-bond donors (Lipinski definition) is 0. The summed E-state index contributed by atoms with van der Waals surface area (Å²) in [6.07, 6.45) is -5.21. The maximum absolute atomic E-state index is 13.1. The Hall–Kier alpha value is -3.40. The Morgan fingerprint density at radius 2 is 1.68 bits per heavy atom. The van der Waals surface area contributed by atoms with E-state index in [4.69, 9.17) is 40.0 Å². The number of alkyl halides is 3. The number of benzene rings is 1. The van der Waals surface area contributed by atoms with Gasteiger partial charge in [0.2, 0.25) is 0 Å². The number of aryl methyl sites for hydroxylation is 2. The minimum absolute atomic E-state index is 0.0897. The number of nitrogens with zero attached hydrogens (tertiary/aromatic N) is 6. The largest absolute Gasteiger partial charge is 0.491 e. The van der Waals surface area contributed by atoms with Crippen molar-refractivity contribution < 1.29 is 36.4 Å². The van der Waals surface area contributed by atoms with E-state index in [1.165, 1.54) is 9.80 Å². The highest BCUT2D eigenvalue weighted by atomic mass is 35.5. The predicted molar refractivity (Wildman–Crippen MR) is 203 cm³/mol. The van der Waals surface area contributed by atoms with Crippen LogP contribution < -0.4 is 9.64 Å². The van der Waals surface area contributed by atoms with Gasteiger partial charge in [-0.25, -0.2) is 14.8 Å². The molecular weight excluding hydrogens is 729 g/mol. The Kier molecular flexibility index (Phi) is 12.9. The first-order valence-electron chi connectivity index (χ1n) is 17.8. The molecular formula is C37H54ClF3N6O5Si. The Balaban J connectivity index is 1.68. The first kappa shape index (κ1) is 42.3. The monoisotopic (exact) mass is 782 g/mol. The van der Waals surface area contributed by atoms with Crippen molar-refractivity contribution in [2.24, 2.45) is 0 Å². The van der Waals surface area contributed by atoms with Gasteiger partial charge in [0.1, 0.15) is 29.5 Å². The lowest BCUT2D eigenvalue weighted by atomic mass is 10.0. The molecule has 294 valence electrons. The van der Waals surface area contributed by atoms with E-state index >= 15 is 0 Å². The summed E-state index contributed by atoms with van der Waals surface area (Å²) in [7, 11) is -0.614. The first-order chi connectivity index (χ1) is 24.3. The van der Waals surface area contributed by atoms with Gasteiger partial charge in [-0.3, -0.25) is 4.90 Å². The van der Waals surface area contributed by atoms with E-state index in [1.54, 1.807) is 32.2 Å². The van der Waals surface area contributed by atoms with Crippen LogP contribution in [0.1, 0.15) is 58.6 Å². The second kappa shape index (κ2) is 16.1. The third kappa shape index (κ3) is 11.1. The number of amides is 1. The zero-order valence-electron chi connectivity index (χ0n) is 33.0. The van der Waals surface area contributed by atoms with Gasteiger partial charge in [0.25, 0.3) is 0 Å². The third-order valence-electron chi connectivity index (χ3n) is 9.53. The molecule has 11 nitrogen and oxygen atoms in total. The van der Waals surface area contributed by atoms with Crippen molar-refractivity contribution in [3.05, 3.63) is 40.2 Å². The van der Waals surface area contributed by atoms with E-state index in [0.29, 0.717) is 63.8 Å². The van der Waals surface area contributed by atoms with Crippen molar-refractivity contribution in [1.29, 1.82) is 0 Å². The molecule has 0 bridgehead atoms. The molecule has 1 aliphatic rings. The molecule has 1 atom stereocenters. The predicted octanol–water partition coefficient (Wildman–Crippen LogP) is 8.70. The van der Waals surface area contributed by atoms with Crippen molar-refractivity contribution in [3.63, 3.8) is 0 Å². The van der Waals surface area contributed by atoms with Crippen LogP contribution in [0.3, 0.4) is 0 Å². The molecule has 0 spiro atoms. The van der Waals surface area contributed by atoms with Crippen LogP contribution in [0.5, 0.6) is 5.75 Å². The first-order valence-corrected chi connectivity index (χ1v) is 21.0. The third-order valence-corrected chi connectivity index (χ3v) is 14.4. The average molecular weight is 783 g/mol. The molecule has 0 N–H and O–H groups in total. The maximum Gasteiger partial charge on any atom is 0.410 e. The molecule has 53 heavy (non-hydrogen) atoms. The number of anilines is 1. The van der Waals surface area contributed by atoms with E-state index in [9.17, 15) is 18.0 Å². The van der Waals surface area contributed by atoms with Crippen LogP contribution in [-0.4, -0.2) is 110 Å². The summed E-state index contributed by atoms with van der Waals surface area (Å²) in [5.41, 5.74) is 2.55. The maximum atomic E-state index is 13.1. The summed E-state index contributed by atoms with van der Waals surface area (Å²) in [6.45, 7) is 22.3. The summed E-state index contributed by atoms with van der Waals surface area (Å²) in [6, 6.07) is 5.21. The summed E-state index contributed by atoms with van der Waals surface area (Å²) in [5.74, 6) is 1.96. The van der Waals surface area contributed by atoms with Crippen molar-refractivity contribution >= 4 is 31.8 Å². The highest BCUT2D eigenvalue weighted by molar-refractivity contribution is 6.74. The van der Waals surface area contributed by atoms with Crippen molar-refractivity contribution in [2.75, 3.05) is 57.8 Å². The molecule has 3 heterocycles. The minimum atomic E-state index is -4.27. The second-order valence-electron chi connectivity index (χ2n) is 16.2. The number of likely N-dealkylation sites (N-methyl/N-ethyl adjacent to an activating group) is 1. The molecule has 16 heteroatoms. The second-order valence-corrected chi connectivity index (χ2v) is 21.4. The topological polar surface area (TPSA) is 106 Å². The highest BCUT2D eigenvalue weighted by Gasteiger charge is 2.40. The van der Waals surface area contributed by atoms with Crippen LogP contribution in [0.25, 0.3) is 22.6 Å². The molecule has 0 aliphatic carbocycles. The molecule has 4 rings (SSSR count). The summed E-state index contributed by atoms with van der Waals surface area (Å²) in [5, 5.41) is 4.42. The summed E-state index contributed by atoms with van der Waals surface area (Å²) >= 11 is 6.82. The Labute approximate surface area is 317 Å². The molecule has 1 fully saturated rings. The van der Waals surface area contributed by atoms with Crippen molar-refractivity contribution in [1.82, 2.24) is 24.9 Å². The van der Waals surface area contributed by atoms with Crippen LogP contribution >= 0.6 is 11.6 Å². The zero-order chi connectivity index (χ0) is 39.7. The quantitative estimate of drug-likeness (QED) is 0.176. The summed E-state index contributed by atoms with van der Waals surface area (Å²) < 4.78 is 63.6. The zero-order valence-corrected chi connectivity index (χ0v) is 34.8. The number of piperazine rings is 1. The normalized spacial score (nSPS) is 15.4. The lowest BCUT2D eigenvalue weighted by molar-refractivity contribution is -0.146. The molecule has 0 unspecified atom stereocenters. The van der Waals surface area contributed by atoms with Crippen LogP contribution in [0.4, 0.5) is 23.8 Å². The van der Waals surface area contributed by atoms with Gasteiger partial charge in [-0.2, -0.15) is 13.2 Å².